The number of aromatic amines is 1. The third-order valence-electron chi connectivity index (χ3n) is 2.31. The second-order valence-corrected chi connectivity index (χ2v) is 5.96. The number of rotatable bonds is 1. The molecular weight excluding hydrogens is 252 g/mol. The molecule has 0 aromatic carbocycles. The number of carbonyl (C=O) groups excluding carboxylic acids is 1. The summed E-state index contributed by atoms with van der Waals surface area (Å²) in [5.41, 5.74) is -0.754. The zero-order valence-electron chi connectivity index (χ0n) is 10.3. The smallest absolute Gasteiger partial charge is 0.265 e. The minimum Gasteiger partial charge on any atom is -0.505 e. The van der Waals surface area contributed by atoms with Gasteiger partial charge < -0.3 is 15.4 Å². The molecule has 0 aliphatic rings. The molecule has 3 N–H and O–H groups in total. The van der Waals surface area contributed by atoms with E-state index in [9.17, 15) is 14.7 Å². The maximum Gasteiger partial charge on any atom is 0.265 e. The highest BCUT2D eigenvalue weighted by Crippen LogP contribution is 2.29. The summed E-state index contributed by atoms with van der Waals surface area (Å²) in [5.74, 6) is -0.831. The Kier molecular flexibility index (Phi) is 2.90. The van der Waals surface area contributed by atoms with E-state index in [0.717, 1.165) is 0 Å². The molecule has 2 aromatic heterocycles. The SMILES string of the molecule is CC(C)(C)NC(=O)c1c(O)c2sccc2[nH]c1=O. The van der Waals surface area contributed by atoms with Crippen molar-refractivity contribution in [3.8, 4) is 5.75 Å². The Labute approximate surface area is 107 Å². The van der Waals surface area contributed by atoms with E-state index in [0.29, 0.717) is 10.2 Å². The molecule has 2 aromatic rings. The normalized spacial score (nSPS) is 11.7. The number of amides is 1. The zero-order chi connectivity index (χ0) is 13.5. The molecule has 0 aliphatic carbocycles. The van der Waals surface area contributed by atoms with Crippen LogP contribution in [0.4, 0.5) is 0 Å². The summed E-state index contributed by atoms with van der Waals surface area (Å²) >= 11 is 1.27. The molecule has 5 nitrogen and oxygen atoms in total. The van der Waals surface area contributed by atoms with Gasteiger partial charge in [-0.05, 0) is 32.2 Å². The summed E-state index contributed by atoms with van der Waals surface area (Å²) in [6, 6.07) is 1.69. The van der Waals surface area contributed by atoms with Crippen LogP contribution in [0.2, 0.25) is 0 Å². The number of carbonyl (C=O) groups is 1. The third kappa shape index (κ3) is 2.24. The molecule has 18 heavy (non-hydrogen) atoms. The molecular formula is C12H14N2O3S. The Morgan fingerprint density at radius 1 is 1.44 bits per heavy atom. The first-order chi connectivity index (χ1) is 8.29. The summed E-state index contributed by atoms with van der Waals surface area (Å²) in [4.78, 5) is 26.4. The van der Waals surface area contributed by atoms with Gasteiger partial charge in [0.1, 0.15) is 5.56 Å². The van der Waals surface area contributed by atoms with Crippen LogP contribution in [0, 0.1) is 0 Å². The van der Waals surface area contributed by atoms with Gasteiger partial charge in [-0.2, -0.15) is 0 Å². The zero-order valence-corrected chi connectivity index (χ0v) is 11.1. The predicted octanol–water partition coefficient (Wildman–Crippen LogP) is 1.82. The second kappa shape index (κ2) is 4.13. The van der Waals surface area contributed by atoms with Crippen LogP contribution >= 0.6 is 11.3 Å². The van der Waals surface area contributed by atoms with Gasteiger partial charge in [0.25, 0.3) is 11.5 Å². The van der Waals surface area contributed by atoms with Crippen LogP contribution in [-0.4, -0.2) is 21.5 Å². The van der Waals surface area contributed by atoms with Gasteiger partial charge in [0, 0.05) is 5.54 Å². The Morgan fingerprint density at radius 3 is 2.72 bits per heavy atom. The second-order valence-electron chi connectivity index (χ2n) is 5.05. The molecule has 96 valence electrons. The van der Waals surface area contributed by atoms with Crippen molar-refractivity contribution >= 4 is 27.5 Å². The summed E-state index contributed by atoms with van der Waals surface area (Å²) in [6.45, 7) is 5.42. The number of nitrogens with one attached hydrogen (secondary N) is 2. The molecule has 2 heterocycles. The van der Waals surface area contributed by atoms with Gasteiger partial charge in [-0.3, -0.25) is 9.59 Å². The number of aromatic hydroxyl groups is 1. The summed E-state index contributed by atoms with van der Waals surface area (Å²) in [5, 5.41) is 14.4. The third-order valence-corrected chi connectivity index (χ3v) is 3.23. The lowest BCUT2D eigenvalue weighted by atomic mass is 10.1. The summed E-state index contributed by atoms with van der Waals surface area (Å²) < 4.78 is 0.508. The van der Waals surface area contributed by atoms with Crippen molar-refractivity contribution in [1.29, 1.82) is 0 Å². The fraction of sp³-hybridized carbons (Fsp3) is 0.333. The van der Waals surface area contributed by atoms with Gasteiger partial charge in [0.2, 0.25) is 0 Å². The monoisotopic (exact) mass is 266 g/mol. The van der Waals surface area contributed by atoms with Crippen LogP contribution in [0.1, 0.15) is 31.1 Å². The van der Waals surface area contributed by atoms with Crippen LogP contribution in [0.15, 0.2) is 16.2 Å². The van der Waals surface area contributed by atoms with Crippen molar-refractivity contribution in [2.24, 2.45) is 0 Å². The largest absolute Gasteiger partial charge is 0.505 e. The maximum absolute atomic E-state index is 12.0. The number of thiophene rings is 1. The minimum absolute atomic E-state index is 0.236. The van der Waals surface area contributed by atoms with Gasteiger partial charge in [-0.1, -0.05) is 0 Å². The first-order valence-electron chi connectivity index (χ1n) is 5.44. The number of fused-ring (bicyclic) bond motifs is 1. The predicted molar refractivity (Wildman–Crippen MR) is 71.3 cm³/mol. The molecule has 0 saturated heterocycles. The number of hydrogen-bond acceptors (Lipinski definition) is 4. The van der Waals surface area contributed by atoms with Gasteiger partial charge in [0.05, 0.1) is 10.2 Å². The maximum atomic E-state index is 12.0. The van der Waals surface area contributed by atoms with E-state index in [-0.39, 0.29) is 11.3 Å². The van der Waals surface area contributed by atoms with Gasteiger partial charge in [0.15, 0.2) is 5.75 Å². The van der Waals surface area contributed by atoms with Crippen molar-refractivity contribution in [3.63, 3.8) is 0 Å². The average molecular weight is 266 g/mol. The van der Waals surface area contributed by atoms with Gasteiger partial charge >= 0.3 is 0 Å². The first kappa shape index (κ1) is 12.6. The van der Waals surface area contributed by atoms with Crippen LogP contribution < -0.4 is 10.9 Å². The van der Waals surface area contributed by atoms with Crippen molar-refractivity contribution < 1.29 is 9.90 Å². The fourth-order valence-corrected chi connectivity index (χ4v) is 2.41. The van der Waals surface area contributed by atoms with E-state index in [1.807, 2.05) is 0 Å². The van der Waals surface area contributed by atoms with Crippen molar-refractivity contribution in [1.82, 2.24) is 10.3 Å². The molecule has 0 saturated carbocycles. The topological polar surface area (TPSA) is 82.2 Å². The van der Waals surface area contributed by atoms with Crippen LogP contribution in [-0.2, 0) is 0 Å². The van der Waals surface area contributed by atoms with Crippen LogP contribution in [0.3, 0.4) is 0 Å². The van der Waals surface area contributed by atoms with Crippen molar-refractivity contribution in [2.75, 3.05) is 0 Å². The van der Waals surface area contributed by atoms with E-state index in [2.05, 4.69) is 10.3 Å². The lowest BCUT2D eigenvalue weighted by Crippen LogP contribution is -2.42. The first-order valence-corrected chi connectivity index (χ1v) is 6.32. The Bertz CT molecular complexity index is 664. The summed E-state index contributed by atoms with van der Waals surface area (Å²) in [7, 11) is 0. The van der Waals surface area contributed by atoms with Crippen LogP contribution in [0.5, 0.6) is 5.75 Å². The van der Waals surface area contributed by atoms with E-state index in [4.69, 9.17) is 0 Å². The molecule has 2 rings (SSSR count). The number of pyridine rings is 1. The average Bonchev–Trinajstić information content (AvgIpc) is 2.62. The van der Waals surface area contributed by atoms with E-state index < -0.39 is 17.0 Å². The molecule has 6 heteroatoms. The van der Waals surface area contributed by atoms with E-state index in [1.165, 1.54) is 11.3 Å². The summed E-state index contributed by atoms with van der Waals surface area (Å²) in [6.07, 6.45) is 0. The number of H-pyrrole nitrogens is 1. The van der Waals surface area contributed by atoms with E-state index in [1.54, 1.807) is 32.2 Å². The molecule has 0 spiro atoms. The van der Waals surface area contributed by atoms with Gasteiger partial charge in [-0.25, -0.2) is 0 Å². The van der Waals surface area contributed by atoms with E-state index >= 15 is 0 Å². The number of aromatic nitrogens is 1. The molecule has 0 unspecified atom stereocenters. The Hall–Kier alpha value is -1.82. The highest BCUT2D eigenvalue weighted by Gasteiger charge is 2.23. The quantitative estimate of drug-likeness (QED) is 0.736. The molecule has 0 atom stereocenters. The lowest BCUT2D eigenvalue weighted by Gasteiger charge is -2.20. The Morgan fingerprint density at radius 2 is 2.11 bits per heavy atom. The van der Waals surface area contributed by atoms with Crippen LogP contribution in [0.25, 0.3) is 10.2 Å². The lowest BCUT2D eigenvalue weighted by molar-refractivity contribution is 0.0915. The molecule has 1 amide bonds. The highest BCUT2D eigenvalue weighted by molar-refractivity contribution is 7.17. The van der Waals surface area contributed by atoms with Gasteiger partial charge in [-0.15, -0.1) is 11.3 Å². The molecule has 0 bridgehead atoms. The molecule has 0 radical (unpaired) electrons. The number of hydrogen-bond donors (Lipinski definition) is 3. The standard InChI is InChI=1S/C12H14N2O3S/c1-12(2,3)14-11(17)7-8(15)9-6(4-5-18-9)13-10(7)16/h4-5H,1-3H3,(H,14,17)(H2,13,15,16). The molecule has 0 fully saturated rings. The highest BCUT2D eigenvalue weighted by atomic mass is 32.1. The molecule has 0 aliphatic heterocycles. The minimum atomic E-state index is -0.583. The van der Waals surface area contributed by atoms with Crippen molar-refractivity contribution in [2.45, 2.75) is 26.3 Å². The fourth-order valence-electron chi connectivity index (χ4n) is 1.61. The van der Waals surface area contributed by atoms with Crippen molar-refractivity contribution in [3.05, 3.63) is 27.4 Å². The Balaban J connectivity index is 2.57.